The van der Waals surface area contributed by atoms with Gasteiger partial charge in [0.15, 0.2) is 0 Å². The number of aromatic nitrogens is 1. The maximum Gasteiger partial charge on any atom is 0.120 e. The molecule has 1 aromatic heterocycles. The Morgan fingerprint density at radius 2 is 2.38 bits per heavy atom. The summed E-state index contributed by atoms with van der Waals surface area (Å²) in [6.07, 6.45) is 1.83. The van der Waals surface area contributed by atoms with E-state index < -0.39 is 0 Å². The van der Waals surface area contributed by atoms with Crippen molar-refractivity contribution in [3.8, 4) is 6.07 Å². The lowest BCUT2D eigenvalue weighted by Gasteiger charge is -2.04. The first-order chi connectivity index (χ1) is 6.38. The summed E-state index contributed by atoms with van der Waals surface area (Å²) in [6, 6.07) is 5.65. The average molecular weight is 180 g/mol. The molecule has 1 aromatic rings. The standard InChI is InChI=1S/C9H12N2O2/c10-8-9-2-1-3-11(9)4-6-13-7-5-12/h1-3,12H,4-7H2. The van der Waals surface area contributed by atoms with Gasteiger partial charge in [-0.2, -0.15) is 5.26 Å². The van der Waals surface area contributed by atoms with Gasteiger partial charge in [0, 0.05) is 12.7 Å². The van der Waals surface area contributed by atoms with Crippen molar-refractivity contribution in [1.29, 1.82) is 5.26 Å². The van der Waals surface area contributed by atoms with Crippen LogP contribution in [0.1, 0.15) is 5.69 Å². The van der Waals surface area contributed by atoms with Crippen LogP contribution < -0.4 is 0 Å². The van der Waals surface area contributed by atoms with E-state index in [1.54, 1.807) is 6.07 Å². The van der Waals surface area contributed by atoms with E-state index in [0.717, 1.165) is 0 Å². The third-order valence-electron chi connectivity index (χ3n) is 1.66. The largest absolute Gasteiger partial charge is 0.394 e. The number of rotatable bonds is 5. The monoisotopic (exact) mass is 180 g/mol. The molecule has 0 aliphatic rings. The highest BCUT2D eigenvalue weighted by Gasteiger charge is 1.97. The van der Waals surface area contributed by atoms with Crippen molar-refractivity contribution in [2.24, 2.45) is 0 Å². The van der Waals surface area contributed by atoms with Crippen LogP contribution in [0.3, 0.4) is 0 Å². The summed E-state index contributed by atoms with van der Waals surface area (Å²) in [4.78, 5) is 0. The van der Waals surface area contributed by atoms with Gasteiger partial charge in [0.1, 0.15) is 11.8 Å². The van der Waals surface area contributed by atoms with Gasteiger partial charge in [-0.15, -0.1) is 0 Å². The maximum atomic E-state index is 8.66. The highest BCUT2D eigenvalue weighted by molar-refractivity contribution is 5.21. The molecule has 0 aromatic carbocycles. The van der Waals surface area contributed by atoms with E-state index in [2.05, 4.69) is 6.07 Å². The molecule has 13 heavy (non-hydrogen) atoms. The minimum absolute atomic E-state index is 0.0385. The lowest BCUT2D eigenvalue weighted by Crippen LogP contribution is -2.08. The van der Waals surface area contributed by atoms with Crippen LogP contribution in [0.2, 0.25) is 0 Å². The first-order valence-corrected chi connectivity index (χ1v) is 4.12. The summed E-state index contributed by atoms with van der Waals surface area (Å²) in [5.74, 6) is 0. The Labute approximate surface area is 77.0 Å². The fourth-order valence-corrected chi connectivity index (χ4v) is 1.04. The molecule has 0 bridgehead atoms. The van der Waals surface area contributed by atoms with Gasteiger partial charge in [0.2, 0.25) is 0 Å². The van der Waals surface area contributed by atoms with E-state index in [4.69, 9.17) is 15.1 Å². The van der Waals surface area contributed by atoms with Gasteiger partial charge >= 0.3 is 0 Å². The molecular weight excluding hydrogens is 168 g/mol. The van der Waals surface area contributed by atoms with Crippen molar-refractivity contribution < 1.29 is 9.84 Å². The molecule has 1 N–H and O–H groups in total. The molecule has 0 aliphatic heterocycles. The Morgan fingerprint density at radius 1 is 1.54 bits per heavy atom. The molecule has 0 amide bonds. The minimum Gasteiger partial charge on any atom is -0.394 e. The Kier molecular flexibility index (Phi) is 4.03. The molecule has 4 heteroatoms. The van der Waals surface area contributed by atoms with E-state index in [9.17, 15) is 0 Å². The van der Waals surface area contributed by atoms with Crippen LogP contribution in [0.25, 0.3) is 0 Å². The van der Waals surface area contributed by atoms with Crippen LogP contribution in [-0.4, -0.2) is 29.5 Å². The number of aliphatic hydroxyl groups excluding tert-OH is 1. The van der Waals surface area contributed by atoms with Gasteiger partial charge in [-0.05, 0) is 12.1 Å². The molecule has 1 heterocycles. The number of nitrogens with zero attached hydrogens (tertiary/aromatic N) is 2. The maximum absolute atomic E-state index is 8.66. The van der Waals surface area contributed by atoms with Crippen molar-refractivity contribution in [2.45, 2.75) is 6.54 Å². The quantitative estimate of drug-likeness (QED) is 0.666. The summed E-state index contributed by atoms with van der Waals surface area (Å²) in [7, 11) is 0. The topological polar surface area (TPSA) is 58.2 Å². The SMILES string of the molecule is N#Cc1cccn1CCOCCO. The zero-order valence-corrected chi connectivity index (χ0v) is 7.31. The first-order valence-electron chi connectivity index (χ1n) is 4.12. The van der Waals surface area contributed by atoms with Gasteiger partial charge < -0.3 is 14.4 Å². The van der Waals surface area contributed by atoms with E-state index in [-0.39, 0.29) is 6.61 Å². The third kappa shape index (κ3) is 2.90. The minimum atomic E-state index is 0.0385. The Balaban J connectivity index is 2.33. The van der Waals surface area contributed by atoms with Crippen molar-refractivity contribution in [3.05, 3.63) is 24.0 Å². The number of nitriles is 1. The van der Waals surface area contributed by atoms with E-state index in [1.807, 2.05) is 16.8 Å². The Hall–Kier alpha value is -1.31. The average Bonchev–Trinajstić information content (AvgIpc) is 2.60. The Bertz CT molecular complexity index is 288. The third-order valence-corrected chi connectivity index (χ3v) is 1.66. The lowest BCUT2D eigenvalue weighted by molar-refractivity contribution is 0.0869. The van der Waals surface area contributed by atoms with Crippen LogP contribution >= 0.6 is 0 Å². The summed E-state index contributed by atoms with van der Waals surface area (Å²) >= 11 is 0. The van der Waals surface area contributed by atoms with Crippen molar-refractivity contribution >= 4 is 0 Å². The second-order valence-electron chi connectivity index (χ2n) is 2.53. The van der Waals surface area contributed by atoms with Crippen LogP contribution in [0.15, 0.2) is 18.3 Å². The summed E-state index contributed by atoms with van der Waals surface area (Å²) in [6.45, 7) is 1.56. The molecule has 0 saturated heterocycles. The number of aliphatic hydroxyl groups is 1. The Morgan fingerprint density at radius 3 is 3.08 bits per heavy atom. The second kappa shape index (κ2) is 5.36. The molecule has 4 nitrogen and oxygen atoms in total. The van der Waals surface area contributed by atoms with Crippen molar-refractivity contribution in [2.75, 3.05) is 19.8 Å². The molecule has 0 spiro atoms. The summed E-state index contributed by atoms with van der Waals surface area (Å²) < 4.78 is 6.89. The van der Waals surface area contributed by atoms with E-state index in [0.29, 0.717) is 25.5 Å². The molecule has 1 rings (SSSR count). The molecule has 0 unspecified atom stereocenters. The van der Waals surface area contributed by atoms with Gasteiger partial charge in [0.05, 0.1) is 19.8 Å². The fourth-order valence-electron chi connectivity index (χ4n) is 1.04. The number of hydrogen-bond donors (Lipinski definition) is 1. The number of hydrogen-bond acceptors (Lipinski definition) is 3. The number of ether oxygens (including phenoxy) is 1. The molecule has 0 radical (unpaired) electrons. The fraction of sp³-hybridized carbons (Fsp3) is 0.444. The van der Waals surface area contributed by atoms with Gasteiger partial charge in [0.25, 0.3) is 0 Å². The van der Waals surface area contributed by atoms with Crippen LogP contribution in [0, 0.1) is 11.3 Å². The highest BCUT2D eigenvalue weighted by atomic mass is 16.5. The zero-order chi connectivity index (χ0) is 9.52. The molecule has 70 valence electrons. The normalized spacial score (nSPS) is 9.85. The molecule has 0 fully saturated rings. The van der Waals surface area contributed by atoms with Crippen LogP contribution in [0.5, 0.6) is 0 Å². The lowest BCUT2D eigenvalue weighted by atomic mass is 10.5. The van der Waals surface area contributed by atoms with Crippen molar-refractivity contribution in [3.63, 3.8) is 0 Å². The molecule has 0 saturated carbocycles. The predicted octanol–water partition coefficient (Wildman–Crippen LogP) is 0.369. The van der Waals surface area contributed by atoms with Crippen LogP contribution in [0.4, 0.5) is 0 Å². The summed E-state index contributed by atoms with van der Waals surface area (Å²) in [5.41, 5.74) is 0.632. The van der Waals surface area contributed by atoms with Gasteiger partial charge in [-0.25, -0.2) is 0 Å². The van der Waals surface area contributed by atoms with E-state index >= 15 is 0 Å². The van der Waals surface area contributed by atoms with Crippen molar-refractivity contribution in [1.82, 2.24) is 4.57 Å². The molecular formula is C9H12N2O2. The highest BCUT2D eigenvalue weighted by Crippen LogP contribution is 1.99. The zero-order valence-electron chi connectivity index (χ0n) is 7.31. The van der Waals surface area contributed by atoms with Gasteiger partial charge in [-0.3, -0.25) is 0 Å². The summed E-state index contributed by atoms with van der Waals surface area (Å²) in [5, 5.41) is 17.1. The van der Waals surface area contributed by atoms with E-state index in [1.165, 1.54) is 0 Å². The van der Waals surface area contributed by atoms with Gasteiger partial charge in [-0.1, -0.05) is 0 Å². The first kappa shape index (κ1) is 9.78. The van der Waals surface area contributed by atoms with Crippen LogP contribution in [-0.2, 0) is 11.3 Å². The molecule has 0 atom stereocenters. The second-order valence-corrected chi connectivity index (χ2v) is 2.53. The molecule has 0 aliphatic carbocycles. The smallest absolute Gasteiger partial charge is 0.120 e. The predicted molar refractivity (Wildman–Crippen MR) is 47.1 cm³/mol.